The van der Waals surface area contributed by atoms with Crippen molar-refractivity contribution in [3.63, 3.8) is 0 Å². The van der Waals surface area contributed by atoms with E-state index in [0.717, 1.165) is 17.1 Å². The number of carbonyl (C=O) groups is 1. The molecule has 1 aliphatic carbocycles. The van der Waals surface area contributed by atoms with Gasteiger partial charge in [0.1, 0.15) is 11.5 Å². The van der Waals surface area contributed by atoms with Gasteiger partial charge in [-0.05, 0) is 36.4 Å². The first kappa shape index (κ1) is 15.9. The van der Waals surface area contributed by atoms with Crippen molar-refractivity contribution < 1.29 is 13.9 Å². The maximum atomic E-state index is 12.7. The highest BCUT2D eigenvalue weighted by molar-refractivity contribution is 6.12. The molecule has 0 amide bonds. The molecule has 24 heavy (non-hydrogen) atoms. The van der Waals surface area contributed by atoms with Crippen LogP contribution in [0.15, 0.2) is 82.7 Å². The summed E-state index contributed by atoms with van der Waals surface area (Å²) in [6, 6.07) is 10.9. The number of hydrogen-bond acceptors (Lipinski definition) is 4. The van der Waals surface area contributed by atoms with Crippen molar-refractivity contribution >= 4 is 5.78 Å². The predicted molar refractivity (Wildman–Crippen MR) is 92.8 cm³/mol. The van der Waals surface area contributed by atoms with Gasteiger partial charge in [-0.1, -0.05) is 18.2 Å². The van der Waals surface area contributed by atoms with Crippen molar-refractivity contribution in [3.05, 3.63) is 89.6 Å². The second-order valence-electron chi connectivity index (χ2n) is 5.58. The quantitative estimate of drug-likeness (QED) is 0.755. The monoisotopic (exact) mass is 321 g/mol. The number of benzene rings is 1. The lowest BCUT2D eigenvalue weighted by Gasteiger charge is -2.14. The van der Waals surface area contributed by atoms with Crippen molar-refractivity contribution in [1.82, 2.24) is 4.90 Å². The molecule has 0 spiro atoms. The minimum absolute atomic E-state index is 0.000279. The van der Waals surface area contributed by atoms with E-state index in [2.05, 4.69) is 0 Å². The Balaban J connectivity index is 1.75. The molecule has 0 N–H and O–H groups in total. The first-order valence-corrected chi connectivity index (χ1v) is 7.69. The van der Waals surface area contributed by atoms with E-state index in [0.29, 0.717) is 17.7 Å². The first-order valence-electron chi connectivity index (χ1n) is 7.69. The number of Topliss-reactive ketones (excluding diaryl/α,β-unsaturated/α-hetero) is 1. The molecule has 0 radical (unpaired) electrons. The highest BCUT2D eigenvalue weighted by Crippen LogP contribution is 2.24. The van der Waals surface area contributed by atoms with E-state index in [1.54, 1.807) is 37.6 Å². The summed E-state index contributed by atoms with van der Waals surface area (Å²) in [5.41, 5.74) is 2.22. The molecule has 0 bridgehead atoms. The van der Waals surface area contributed by atoms with Gasteiger partial charge in [-0.15, -0.1) is 0 Å². The molecule has 4 heteroatoms. The molecule has 0 atom stereocenters. The number of methoxy groups -OCH3 is 1. The van der Waals surface area contributed by atoms with Crippen molar-refractivity contribution in [3.8, 4) is 5.75 Å². The average molecular weight is 321 g/mol. The molecule has 2 aromatic rings. The van der Waals surface area contributed by atoms with Crippen LogP contribution in [0.2, 0.25) is 0 Å². The molecule has 1 heterocycles. The third-order valence-corrected chi connectivity index (χ3v) is 3.79. The van der Waals surface area contributed by atoms with Crippen molar-refractivity contribution in [1.29, 1.82) is 0 Å². The van der Waals surface area contributed by atoms with E-state index in [1.165, 1.54) is 0 Å². The van der Waals surface area contributed by atoms with E-state index in [9.17, 15) is 4.79 Å². The maximum absolute atomic E-state index is 12.7. The van der Waals surface area contributed by atoms with E-state index in [4.69, 9.17) is 9.15 Å². The van der Waals surface area contributed by atoms with Gasteiger partial charge in [0.05, 0.1) is 19.9 Å². The number of hydrogen-bond donors (Lipinski definition) is 0. The summed E-state index contributed by atoms with van der Waals surface area (Å²) in [4.78, 5) is 14.7. The molecule has 1 aromatic carbocycles. The molecular weight excluding hydrogens is 302 g/mol. The second kappa shape index (κ2) is 7.04. The van der Waals surface area contributed by atoms with Gasteiger partial charge < -0.3 is 14.1 Å². The van der Waals surface area contributed by atoms with Crippen LogP contribution in [0.3, 0.4) is 0 Å². The number of furan rings is 1. The van der Waals surface area contributed by atoms with E-state index < -0.39 is 0 Å². The average Bonchev–Trinajstić information content (AvgIpc) is 3.26. The zero-order valence-corrected chi connectivity index (χ0v) is 13.7. The molecule has 3 rings (SSSR count). The standard InChI is InChI=1S/C20H19NO3/c1-21(14-18-6-4-12-24-18)13-16-5-3-7-19(16)20(22)15-8-10-17(23-2)11-9-15/h3-13H,14H2,1-2H3/b16-13+. The van der Waals surface area contributed by atoms with Crippen LogP contribution in [0.25, 0.3) is 0 Å². The van der Waals surface area contributed by atoms with Gasteiger partial charge in [0.2, 0.25) is 0 Å². The fourth-order valence-corrected chi connectivity index (χ4v) is 2.58. The van der Waals surface area contributed by atoms with Crippen LogP contribution in [0.1, 0.15) is 16.1 Å². The molecule has 1 aromatic heterocycles. The van der Waals surface area contributed by atoms with Crippen LogP contribution in [-0.2, 0) is 6.54 Å². The molecule has 0 fully saturated rings. The van der Waals surface area contributed by atoms with E-state index in [-0.39, 0.29) is 5.78 Å². The SMILES string of the molecule is COc1ccc(C(=O)C2=CC=C/C2=C\N(C)Cc2ccco2)cc1. The van der Waals surface area contributed by atoms with Gasteiger partial charge in [0.15, 0.2) is 5.78 Å². The number of ketones is 1. The van der Waals surface area contributed by atoms with Crippen LogP contribution >= 0.6 is 0 Å². The van der Waals surface area contributed by atoms with Gasteiger partial charge in [0, 0.05) is 30.0 Å². The predicted octanol–water partition coefficient (Wildman–Crippen LogP) is 3.98. The Morgan fingerprint density at radius 3 is 2.71 bits per heavy atom. The summed E-state index contributed by atoms with van der Waals surface area (Å²) in [6.07, 6.45) is 9.29. The third kappa shape index (κ3) is 3.49. The second-order valence-corrected chi connectivity index (χ2v) is 5.58. The Labute approximate surface area is 141 Å². The van der Waals surface area contributed by atoms with E-state index >= 15 is 0 Å². The number of ether oxygens (including phenoxy) is 1. The van der Waals surface area contributed by atoms with Crippen LogP contribution < -0.4 is 4.74 Å². The Morgan fingerprint density at radius 2 is 2.04 bits per heavy atom. The molecule has 0 unspecified atom stereocenters. The van der Waals surface area contributed by atoms with Crippen LogP contribution in [0.5, 0.6) is 5.75 Å². The number of nitrogens with zero attached hydrogens (tertiary/aromatic N) is 1. The smallest absolute Gasteiger partial charge is 0.193 e. The normalized spacial score (nSPS) is 14.8. The highest BCUT2D eigenvalue weighted by Gasteiger charge is 2.18. The minimum Gasteiger partial charge on any atom is -0.497 e. The Hall–Kier alpha value is -3.01. The number of carbonyl (C=O) groups excluding carboxylic acids is 1. The Bertz CT molecular complexity index is 796. The summed E-state index contributed by atoms with van der Waals surface area (Å²) in [7, 11) is 3.56. The molecule has 0 aliphatic heterocycles. The van der Waals surface area contributed by atoms with Gasteiger partial charge in [-0.3, -0.25) is 4.79 Å². The zero-order valence-electron chi connectivity index (χ0n) is 13.7. The number of allylic oxidation sites excluding steroid dienone is 5. The van der Waals surface area contributed by atoms with Gasteiger partial charge in [0.25, 0.3) is 0 Å². The zero-order chi connectivity index (χ0) is 16.9. The Morgan fingerprint density at radius 1 is 1.25 bits per heavy atom. The molecule has 1 aliphatic rings. The van der Waals surface area contributed by atoms with E-state index in [1.807, 2.05) is 48.5 Å². The molecule has 122 valence electrons. The highest BCUT2D eigenvalue weighted by atomic mass is 16.5. The summed E-state index contributed by atoms with van der Waals surface area (Å²) >= 11 is 0. The summed E-state index contributed by atoms with van der Waals surface area (Å²) in [6.45, 7) is 0.647. The van der Waals surface area contributed by atoms with Crippen LogP contribution in [0.4, 0.5) is 0 Å². The molecule has 4 nitrogen and oxygen atoms in total. The van der Waals surface area contributed by atoms with Crippen molar-refractivity contribution in [2.75, 3.05) is 14.2 Å². The molecular formula is C20H19NO3. The summed E-state index contributed by atoms with van der Waals surface area (Å²) in [5.74, 6) is 1.61. The fraction of sp³-hybridized carbons (Fsp3) is 0.150. The lowest BCUT2D eigenvalue weighted by Crippen LogP contribution is -2.12. The first-order chi connectivity index (χ1) is 11.7. The molecule has 0 saturated carbocycles. The lowest BCUT2D eigenvalue weighted by atomic mass is 9.99. The maximum Gasteiger partial charge on any atom is 0.193 e. The van der Waals surface area contributed by atoms with Crippen LogP contribution in [-0.4, -0.2) is 24.8 Å². The third-order valence-electron chi connectivity index (χ3n) is 3.79. The Kier molecular flexibility index (Phi) is 4.66. The minimum atomic E-state index is 0.000279. The largest absolute Gasteiger partial charge is 0.497 e. The number of rotatable bonds is 6. The fourth-order valence-electron chi connectivity index (χ4n) is 2.58. The van der Waals surface area contributed by atoms with Gasteiger partial charge in [-0.2, -0.15) is 0 Å². The molecule has 0 saturated heterocycles. The van der Waals surface area contributed by atoms with Gasteiger partial charge >= 0.3 is 0 Å². The van der Waals surface area contributed by atoms with Crippen molar-refractivity contribution in [2.45, 2.75) is 6.54 Å². The van der Waals surface area contributed by atoms with Gasteiger partial charge in [-0.25, -0.2) is 0 Å². The van der Waals surface area contributed by atoms with Crippen LogP contribution in [0, 0.1) is 0 Å². The van der Waals surface area contributed by atoms with Crippen molar-refractivity contribution in [2.24, 2.45) is 0 Å². The summed E-state index contributed by atoms with van der Waals surface area (Å²) < 4.78 is 10.5. The lowest BCUT2D eigenvalue weighted by molar-refractivity contribution is 0.103. The summed E-state index contributed by atoms with van der Waals surface area (Å²) in [5, 5.41) is 0. The topological polar surface area (TPSA) is 42.7 Å².